The number of hydrogen-bond acceptors (Lipinski definition) is 1. The summed E-state index contributed by atoms with van der Waals surface area (Å²) in [5.74, 6) is 1.03. The zero-order valence-corrected chi connectivity index (χ0v) is 10.0. The molecule has 1 N–H and O–H groups in total. The third kappa shape index (κ3) is 4.45. The SMILES string of the molecule is CCCCCCC1CCCC(NC)C1. The van der Waals surface area contributed by atoms with Gasteiger partial charge in [0.1, 0.15) is 0 Å². The van der Waals surface area contributed by atoms with Gasteiger partial charge in [-0.1, -0.05) is 51.9 Å². The summed E-state index contributed by atoms with van der Waals surface area (Å²) in [6, 6.07) is 0.819. The average Bonchev–Trinajstić information content (AvgIpc) is 2.25. The van der Waals surface area contributed by atoms with Gasteiger partial charge in [-0.3, -0.25) is 0 Å². The van der Waals surface area contributed by atoms with E-state index in [1.807, 2.05) is 0 Å². The van der Waals surface area contributed by atoms with Crippen molar-refractivity contribution < 1.29 is 0 Å². The molecule has 2 atom stereocenters. The van der Waals surface area contributed by atoms with Gasteiger partial charge in [0.2, 0.25) is 0 Å². The van der Waals surface area contributed by atoms with Gasteiger partial charge < -0.3 is 5.32 Å². The highest BCUT2D eigenvalue weighted by Gasteiger charge is 2.19. The van der Waals surface area contributed by atoms with Crippen molar-refractivity contribution >= 4 is 0 Å². The Hall–Kier alpha value is -0.0400. The highest BCUT2D eigenvalue weighted by Crippen LogP contribution is 2.28. The molecule has 0 aromatic rings. The molecule has 0 bridgehead atoms. The van der Waals surface area contributed by atoms with Crippen LogP contribution >= 0.6 is 0 Å². The summed E-state index contributed by atoms with van der Waals surface area (Å²) in [6.45, 7) is 2.29. The lowest BCUT2D eigenvalue weighted by Gasteiger charge is -2.28. The third-order valence-corrected chi connectivity index (χ3v) is 3.66. The Labute approximate surface area is 89.7 Å². The van der Waals surface area contributed by atoms with Gasteiger partial charge in [-0.2, -0.15) is 0 Å². The first-order valence-corrected chi connectivity index (χ1v) is 6.54. The van der Waals surface area contributed by atoms with Gasteiger partial charge in [-0.15, -0.1) is 0 Å². The van der Waals surface area contributed by atoms with Crippen LogP contribution < -0.4 is 5.32 Å². The quantitative estimate of drug-likeness (QED) is 0.640. The van der Waals surface area contributed by atoms with E-state index in [0.29, 0.717) is 0 Å². The molecule has 1 nitrogen and oxygen atoms in total. The van der Waals surface area contributed by atoms with Crippen molar-refractivity contribution in [3.8, 4) is 0 Å². The van der Waals surface area contributed by atoms with Crippen LogP contribution in [0.1, 0.15) is 64.7 Å². The minimum Gasteiger partial charge on any atom is -0.317 e. The molecular formula is C13H27N. The Balaban J connectivity index is 2.05. The summed E-state index contributed by atoms with van der Waals surface area (Å²) in [5, 5.41) is 3.44. The molecule has 14 heavy (non-hydrogen) atoms. The van der Waals surface area contributed by atoms with Crippen molar-refractivity contribution in [3.05, 3.63) is 0 Å². The van der Waals surface area contributed by atoms with Crippen LogP contribution in [0.2, 0.25) is 0 Å². The summed E-state index contributed by atoms with van der Waals surface area (Å²) >= 11 is 0. The van der Waals surface area contributed by atoms with E-state index in [-0.39, 0.29) is 0 Å². The van der Waals surface area contributed by atoms with E-state index in [4.69, 9.17) is 0 Å². The molecule has 0 aromatic carbocycles. The lowest BCUT2D eigenvalue weighted by atomic mass is 9.83. The molecule has 84 valence electrons. The summed E-state index contributed by atoms with van der Waals surface area (Å²) < 4.78 is 0. The van der Waals surface area contributed by atoms with Gasteiger partial charge in [0, 0.05) is 6.04 Å². The summed E-state index contributed by atoms with van der Waals surface area (Å²) in [5.41, 5.74) is 0. The molecule has 1 heteroatoms. The molecule has 0 amide bonds. The Morgan fingerprint density at radius 3 is 2.71 bits per heavy atom. The second-order valence-electron chi connectivity index (χ2n) is 4.87. The van der Waals surface area contributed by atoms with Crippen molar-refractivity contribution in [1.29, 1.82) is 0 Å². The second kappa shape index (κ2) is 7.28. The molecule has 1 aliphatic rings. The van der Waals surface area contributed by atoms with Crippen LogP contribution in [0.3, 0.4) is 0 Å². The van der Waals surface area contributed by atoms with Crippen molar-refractivity contribution in [1.82, 2.24) is 5.32 Å². The van der Waals surface area contributed by atoms with E-state index in [0.717, 1.165) is 12.0 Å². The van der Waals surface area contributed by atoms with Gasteiger partial charge in [0.05, 0.1) is 0 Å². The van der Waals surface area contributed by atoms with E-state index < -0.39 is 0 Å². The van der Waals surface area contributed by atoms with Crippen LogP contribution in [0.25, 0.3) is 0 Å². The van der Waals surface area contributed by atoms with Crippen molar-refractivity contribution in [2.24, 2.45) is 5.92 Å². The molecule has 1 rings (SSSR count). The van der Waals surface area contributed by atoms with Crippen LogP contribution in [-0.4, -0.2) is 13.1 Å². The Morgan fingerprint density at radius 1 is 1.14 bits per heavy atom. The summed E-state index contributed by atoms with van der Waals surface area (Å²) in [4.78, 5) is 0. The van der Waals surface area contributed by atoms with Crippen molar-refractivity contribution in [3.63, 3.8) is 0 Å². The maximum absolute atomic E-state index is 3.44. The lowest BCUT2D eigenvalue weighted by molar-refractivity contribution is 0.276. The van der Waals surface area contributed by atoms with E-state index in [1.54, 1.807) is 0 Å². The van der Waals surface area contributed by atoms with Gasteiger partial charge >= 0.3 is 0 Å². The Kier molecular flexibility index (Phi) is 6.25. The second-order valence-corrected chi connectivity index (χ2v) is 4.87. The van der Waals surface area contributed by atoms with Crippen LogP contribution in [0.4, 0.5) is 0 Å². The van der Waals surface area contributed by atoms with E-state index in [2.05, 4.69) is 19.3 Å². The third-order valence-electron chi connectivity index (χ3n) is 3.66. The van der Waals surface area contributed by atoms with Gasteiger partial charge in [0.15, 0.2) is 0 Å². The van der Waals surface area contributed by atoms with Crippen LogP contribution in [0.15, 0.2) is 0 Å². The largest absolute Gasteiger partial charge is 0.317 e. The molecular weight excluding hydrogens is 170 g/mol. The fraction of sp³-hybridized carbons (Fsp3) is 1.00. The van der Waals surface area contributed by atoms with Crippen molar-refractivity contribution in [2.45, 2.75) is 70.8 Å². The van der Waals surface area contributed by atoms with Crippen molar-refractivity contribution in [2.75, 3.05) is 7.05 Å². The van der Waals surface area contributed by atoms with Crippen LogP contribution in [-0.2, 0) is 0 Å². The molecule has 0 aliphatic heterocycles. The van der Waals surface area contributed by atoms with Gasteiger partial charge in [-0.05, 0) is 25.8 Å². The fourth-order valence-electron chi connectivity index (χ4n) is 2.68. The molecule has 0 saturated heterocycles. The minimum absolute atomic E-state index is 0.819. The smallest absolute Gasteiger partial charge is 0.00667 e. The maximum atomic E-state index is 3.44. The monoisotopic (exact) mass is 197 g/mol. The van der Waals surface area contributed by atoms with Gasteiger partial charge in [-0.25, -0.2) is 0 Å². The molecule has 0 spiro atoms. The zero-order chi connectivity index (χ0) is 10.2. The standard InChI is InChI=1S/C13H27N/c1-3-4-5-6-8-12-9-7-10-13(11-12)14-2/h12-14H,3-11H2,1-2H3. The molecule has 1 saturated carbocycles. The van der Waals surface area contributed by atoms with Gasteiger partial charge in [0.25, 0.3) is 0 Å². The van der Waals surface area contributed by atoms with E-state index in [9.17, 15) is 0 Å². The number of nitrogens with one attached hydrogen (secondary N) is 1. The normalized spacial score (nSPS) is 27.9. The molecule has 1 aliphatic carbocycles. The predicted octanol–water partition coefficient (Wildman–Crippen LogP) is 3.74. The average molecular weight is 197 g/mol. The minimum atomic E-state index is 0.819. The maximum Gasteiger partial charge on any atom is 0.00667 e. The first kappa shape index (κ1) is 12.0. The Bertz CT molecular complexity index is 133. The topological polar surface area (TPSA) is 12.0 Å². The summed E-state index contributed by atoms with van der Waals surface area (Å²) in [6.07, 6.45) is 13.0. The van der Waals surface area contributed by atoms with E-state index in [1.165, 1.54) is 57.8 Å². The lowest BCUT2D eigenvalue weighted by Crippen LogP contribution is -2.31. The fourth-order valence-corrected chi connectivity index (χ4v) is 2.68. The Morgan fingerprint density at radius 2 is 2.00 bits per heavy atom. The van der Waals surface area contributed by atoms with Crippen LogP contribution in [0.5, 0.6) is 0 Å². The predicted molar refractivity (Wildman–Crippen MR) is 63.6 cm³/mol. The molecule has 1 fully saturated rings. The highest BCUT2D eigenvalue weighted by molar-refractivity contribution is 4.76. The molecule has 0 heterocycles. The van der Waals surface area contributed by atoms with Crippen LogP contribution in [0, 0.1) is 5.92 Å². The summed E-state index contributed by atoms with van der Waals surface area (Å²) in [7, 11) is 2.12. The zero-order valence-electron chi connectivity index (χ0n) is 10.0. The highest BCUT2D eigenvalue weighted by atomic mass is 14.9. The first-order chi connectivity index (χ1) is 6.86. The number of hydrogen-bond donors (Lipinski definition) is 1. The molecule has 0 radical (unpaired) electrons. The van der Waals surface area contributed by atoms with E-state index >= 15 is 0 Å². The molecule has 2 unspecified atom stereocenters. The first-order valence-electron chi connectivity index (χ1n) is 6.54. The molecule has 0 aromatic heterocycles. The number of unbranched alkanes of at least 4 members (excludes halogenated alkanes) is 3. The number of rotatable bonds is 6.